The van der Waals surface area contributed by atoms with Gasteiger partial charge >= 0.3 is 0 Å². The molecule has 32 heavy (non-hydrogen) atoms. The van der Waals surface area contributed by atoms with Gasteiger partial charge in [-0.25, -0.2) is 12.8 Å². The van der Waals surface area contributed by atoms with Crippen LogP contribution in [0.15, 0.2) is 58.2 Å². The van der Waals surface area contributed by atoms with Crippen molar-refractivity contribution in [2.24, 2.45) is 0 Å². The van der Waals surface area contributed by atoms with Crippen molar-refractivity contribution in [3.8, 4) is 0 Å². The number of fused-ring (bicyclic) bond motifs is 1. The third-order valence-corrected chi connectivity index (χ3v) is 7.25. The molecule has 8 nitrogen and oxygen atoms in total. The monoisotopic (exact) mass is 459 g/mol. The van der Waals surface area contributed by atoms with E-state index in [-0.39, 0.29) is 27.8 Å². The van der Waals surface area contributed by atoms with Gasteiger partial charge in [0.1, 0.15) is 12.4 Å². The lowest BCUT2D eigenvalue weighted by Crippen LogP contribution is -2.40. The molecule has 0 saturated carbocycles. The number of hydrogen-bond donors (Lipinski definition) is 1. The molecule has 0 spiro atoms. The molecule has 1 fully saturated rings. The number of morpholine rings is 1. The van der Waals surface area contributed by atoms with E-state index in [1.165, 1.54) is 57.4 Å². The number of sulfonamides is 1. The van der Waals surface area contributed by atoms with E-state index in [1.54, 1.807) is 6.92 Å². The number of carbonyl (C=O) groups is 1. The van der Waals surface area contributed by atoms with Crippen LogP contribution in [0.3, 0.4) is 0 Å². The summed E-state index contributed by atoms with van der Waals surface area (Å²) in [6.45, 7) is 2.72. The highest BCUT2D eigenvalue weighted by molar-refractivity contribution is 7.89. The molecule has 1 aromatic heterocycles. The van der Waals surface area contributed by atoms with E-state index in [2.05, 4.69) is 5.32 Å². The molecule has 1 N–H and O–H groups in total. The van der Waals surface area contributed by atoms with Crippen molar-refractivity contribution in [1.29, 1.82) is 0 Å². The molecule has 0 bridgehead atoms. The molecule has 10 heteroatoms. The number of nitrogens with one attached hydrogen (secondary N) is 1. The van der Waals surface area contributed by atoms with Crippen LogP contribution in [0.5, 0.6) is 0 Å². The summed E-state index contributed by atoms with van der Waals surface area (Å²) in [5.74, 6) is -1.03. The number of pyridine rings is 1. The van der Waals surface area contributed by atoms with Crippen molar-refractivity contribution in [3.63, 3.8) is 0 Å². The van der Waals surface area contributed by atoms with E-state index in [0.29, 0.717) is 37.7 Å². The van der Waals surface area contributed by atoms with E-state index in [4.69, 9.17) is 4.74 Å². The van der Waals surface area contributed by atoms with Crippen molar-refractivity contribution in [1.82, 2.24) is 8.87 Å². The minimum atomic E-state index is -3.63. The van der Waals surface area contributed by atoms with Gasteiger partial charge in [0.25, 0.3) is 0 Å². The molecule has 1 aliphatic heterocycles. The zero-order chi connectivity index (χ0) is 22.9. The molecule has 168 valence electrons. The van der Waals surface area contributed by atoms with Gasteiger partial charge in [0.2, 0.25) is 15.9 Å². The van der Waals surface area contributed by atoms with Crippen molar-refractivity contribution in [3.05, 3.63) is 70.3 Å². The normalized spacial score (nSPS) is 15.1. The van der Waals surface area contributed by atoms with E-state index < -0.39 is 21.7 Å². The SMILES string of the molecule is Cc1cc(=O)c2cccc(F)c2n1CC(=O)Nc1ccc(S(=O)(=O)N2CCOCC2)cc1. The molecule has 1 aliphatic rings. The van der Waals surface area contributed by atoms with Gasteiger partial charge in [-0.15, -0.1) is 0 Å². The summed E-state index contributed by atoms with van der Waals surface area (Å²) in [6, 6.07) is 11.4. The molecule has 2 aromatic carbocycles. The predicted molar refractivity (Wildman–Crippen MR) is 118 cm³/mol. The number of anilines is 1. The lowest BCUT2D eigenvalue weighted by molar-refractivity contribution is -0.116. The highest BCUT2D eigenvalue weighted by Gasteiger charge is 2.26. The minimum Gasteiger partial charge on any atom is -0.379 e. The zero-order valence-corrected chi connectivity index (χ0v) is 18.2. The summed E-state index contributed by atoms with van der Waals surface area (Å²) in [5.41, 5.74) is 0.611. The minimum absolute atomic E-state index is 0.0691. The highest BCUT2D eigenvalue weighted by atomic mass is 32.2. The molecule has 0 unspecified atom stereocenters. The molecular weight excluding hydrogens is 437 g/mol. The first-order chi connectivity index (χ1) is 15.3. The fourth-order valence-electron chi connectivity index (χ4n) is 3.70. The topological polar surface area (TPSA) is 97.7 Å². The fourth-order valence-corrected chi connectivity index (χ4v) is 5.11. The standard InChI is InChI=1S/C22H22FN3O5S/c1-15-13-20(27)18-3-2-4-19(23)22(18)26(15)14-21(28)24-16-5-7-17(8-6-16)32(29,30)25-9-11-31-12-10-25/h2-8,13H,9-12,14H2,1H3,(H,24,28). The van der Waals surface area contributed by atoms with Gasteiger partial charge in [0.05, 0.1) is 23.6 Å². The van der Waals surface area contributed by atoms with E-state index in [0.717, 1.165) is 0 Å². The summed E-state index contributed by atoms with van der Waals surface area (Å²) in [5, 5.41) is 2.88. The third kappa shape index (κ3) is 4.29. The Morgan fingerprint density at radius 3 is 2.50 bits per heavy atom. The van der Waals surface area contributed by atoms with Crippen LogP contribution >= 0.6 is 0 Å². The summed E-state index contributed by atoms with van der Waals surface area (Å²) in [7, 11) is -3.63. The highest BCUT2D eigenvalue weighted by Crippen LogP contribution is 2.20. The Morgan fingerprint density at radius 1 is 1.12 bits per heavy atom. The molecule has 1 saturated heterocycles. The van der Waals surface area contributed by atoms with Gasteiger partial charge in [0, 0.05) is 35.9 Å². The number of aromatic nitrogens is 1. The van der Waals surface area contributed by atoms with Gasteiger partial charge in [0.15, 0.2) is 5.43 Å². The molecule has 2 heterocycles. The van der Waals surface area contributed by atoms with Gasteiger partial charge in [-0.05, 0) is 43.3 Å². The molecule has 3 aromatic rings. The van der Waals surface area contributed by atoms with Gasteiger partial charge in [-0.2, -0.15) is 4.31 Å². The second kappa shape index (κ2) is 8.81. The van der Waals surface area contributed by atoms with Crippen LogP contribution in [0.4, 0.5) is 10.1 Å². The van der Waals surface area contributed by atoms with Crippen LogP contribution in [0, 0.1) is 12.7 Å². The number of para-hydroxylation sites is 1. The summed E-state index contributed by atoms with van der Waals surface area (Å²) in [6.07, 6.45) is 0. The number of rotatable bonds is 5. The molecule has 4 rings (SSSR count). The number of aryl methyl sites for hydroxylation is 1. The van der Waals surface area contributed by atoms with Crippen LogP contribution in [0.1, 0.15) is 5.69 Å². The Bertz CT molecular complexity index is 1330. The first kappa shape index (κ1) is 22.1. The predicted octanol–water partition coefficient (Wildman–Crippen LogP) is 2.11. The quantitative estimate of drug-likeness (QED) is 0.630. The number of amides is 1. The lowest BCUT2D eigenvalue weighted by atomic mass is 10.1. The molecule has 0 atom stereocenters. The Morgan fingerprint density at radius 2 is 1.81 bits per heavy atom. The summed E-state index contributed by atoms with van der Waals surface area (Å²) < 4.78 is 47.8. The first-order valence-corrected chi connectivity index (χ1v) is 11.5. The van der Waals surface area contributed by atoms with Crippen molar-refractivity contribution in [2.45, 2.75) is 18.4 Å². The van der Waals surface area contributed by atoms with Gasteiger partial charge < -0.3 is 14.6 Å². The maximum absolute atomic E-state index is 14.4. The van der Waals surface area contributed by atoms with Crippen molar-refractivity contribution < 1.29 is 22.3 Å². The maximum Gasteiger partial charge on any atom is 0.244 e. The average Bonchev–Trinajstić information content (AvgIpc) is 2.78. The lowest BCUT2D eigenvalue weighted by Gasteiger charge is -2.26. The van der Waals surface area contributed by atoms with E-state index in [1.807, 2.05) is 0 Å². The smallest absolute Gasteiger partial charge is 0.244 e. The number of ether oxygens (including phenoxy) is 1. The second-order valence-electron chi connectivity index (χ2n) is 7.46. The molecule has 0 radical (unpaired) electrons. The summed E-state index contributed by atoms with van der Waals surface area (Å²) in [4.78, 5) is 24.9. The van der Waals surface area contributed by atoms with Crippen LogP contribution in [0.25, 0.3) is 10.9 Å². The Balaban J connectivity index is 1.53. The number of benzene rings is 2. The Kier molecular flexibility index (Phi) is 6.09. The van der Waals surface area contributed by atoms with Crippen LogP contribution in [0.2, 0.25) is 0 Å². The van der Waals surface area contributed by atoms with E-state index in [9.17, 15) is 22.4 Å². The molecular formula is C22H22FN3O5S. The Labute approximate surface area is 184 Å². The van der Waals surface area contributed by atoms with Crippen molar-refractivity contribution >= 4 is 32.5 Å². The van der Waals surface area contributed by atoms with Crippen LogP contribution in [-0.4, -0.2) is 49.5 Å². The number of halogens is 1. The number of hydrogen-bond acceptors (Lipinski definition) is 5. The second-order valence-corrected chi connectivity index (χ2v) is 9.40. The maximum atomic E-state index is 14.4. The van der Waals surface area contributed by atoms with E-state index >= 15 is 0 Å². The van der Waals surface area contributed by atoms with Crippen LogP contribution in [-0.2, 0) is 26.1 Å². The zero-order valence-electron chi connectivity index (χ0n) is 17.4. The van der Waals surface area contributed by atoms with Crippen LogP contribution < -0.4 is 10.7 Å². The third-order valence-electron chi connectivity index (χ3n) is 5.34. The van der Waals surface area contributed by atoms with Gasteiger partial charge in [-0.1, -0.05) is 6.07 Å². The largest absolute Gasteiger partial charge is 0.379 e. The number of carbonyl (C=O) groups excluding carboxylic acids is 1. The number of nitrogens with zero attached hydrogens (tertiary/aromatic N) is 2. The Hall–Kier alpha value is -3.08. The summed E-state index contributed by atoms with van der Waals surface area (Å²) >= 11 is 0. The molecule has 1 amide bonds. The fraction of sp³-hybridized carbons (Fsp3) is 0.273. The molecule has 0 aliphatic carbocycles. The first-order valence-electron chi connectivity index (χ1n) is 10.0. The average molecular weight is 459 g/mol. The van der Waals surface area contributed by atoms with Gasteiger partial charge in [-0.3, -0.25) is 9.59 Å². The van der Waals surface area contributed by atoms with Crippen molar-refractivity contribution in [2.75, 3.05) is 31.6 Å².